The Morgan fingerprint density at radius 3 is 2.63 bits per heavy atom. The molecule has 30 heavy (non-hydrogen) atoms. The van der Waals surface area contributed by atoms with Crippen LogP contribution in [-0.4, -0.2) is 18.5 Å². The summed E-state index contributed by atoms with van der Waals surface area (Å²) in [7, 11) is 0. The molecule has 0 aliphatic carbocycles. The number of halogens is 2. The second kappa shape index (κ2) is 9.08. The van der Waals surface area contributed by atoms with Crippen molar-refractivity contribution in [3.8, 4) is 5.75 Å². The number of nitrogens with one attached hydrogen (secondary N) is 1. The van der Waals surface area contributed by atoms with Crippen molar-refractivity contribution in [2.24, 2.45) is 0 Å². The van der Waals surface area contributed by atoms with Gasteiger partial charge in [0.15, 0.2) is 17.3 Å². The minimum atomic E-state index is -0.838. The van der Waals surface area contributed by atoms with E-state index in [2.05, 4.69) is 5.32 Å². The summed E-state index contributed by atoms with van der Waals surface area (Å²) in [6, 6.07) is 5.90. The maximum atomic E-state index is 13.6. The second-order valence-electron chi connectivity index (χ2n) is 6.29. The van der Waals surface area contributed by atoms with Crippen LogP contribution in [0.3, 0.4) is 0 Å². The van der Waals surface area contributed by atoms with Crippen LogP contribution in [0.2, 0.25) is 0 Å². The molecule has 9 heteroatoms. The molecule has 0 atom stereocenters. The standard InChI is InChI=1S/C21H19F2NO5S/c1-4-27-21(26)18-11(2)12(3)30-20(18)24-19(25)17-8-6-14(29-17)10-28-16-7-5-13(22)9-15(16)23/h5-9H,4,10H2,1-3H3,(H,24,25). The first-order chi connectivity index (χ1) is 14.3. The fourth-order valence-electron chi connectivity index (χ4n) is 2.65. The molecule has 0 saturated carbocycles. The van der Waals surface area contributed by atoms with Gasteiger partial charge in [-0.15, -0.1) is 11.3 Å². The molecule has 0 fully saturated rings. The highest BCUT2D eigenvalue weighted by Crippen LogP contribution is 2.33. The van der Waals surface area contributed by atoms with E-state index in [0.29, 0.717) is 16.6 Å². The summed E-state index contributed by atoms with van der Waals surface area (Å²) < 4.78 is 42.3. The van der Waals surface area contributed by atoms with Crippen molar-refractivity contribution < 1.29 is 32.3 Å². The molecule has 6 nitrogen and oxygen atoms in total. The lowest BCUT2D eigenvalue weighted by Crippen LogP contribution is -2.14. The molecule has 0 radical (unpaired) electrons. The van der Waals surface area contributed by atoms with Crippen LogP contribution in [0.15, 0.2) is 34.7 Å². The van der Waals surface area contributed by atoms with E-state index in [-0.39, 0.29) is 30.5 Å². The second-order valence-corrected chi connectivity index (χ2v) is 7.52. The van der Waals surface area contributed by atoms with Gasteiger partial charge in [-0.05, 0) is 50.6 Å². The van der Waals surface area contributed by atoms with E-state index in [9.17, 15) is 18.4 Å². The van der Waals surface area contributed by atoms with Crippen molar-refractivity contribution in [1.29, 1.82) is 0 Å². The van der Waals surface area contributed by atoms with Crippen molar-refractivity contribution in [1.82, 2.24) is 0 Å². The van der Waals surface area contributed by atoms with Gasteiger partial charge in [0.1, 0.15) is 23.2 Å². The average Bonchev–Trinajstić information content (AvgIpc) is 3.26. The van der Waals surface area contributed by atoms with Crippen LogP contribution in [-0.2, 0) is 11.3 Å². The first-order valence-electron chi connectivity index (χ1n) is 9.05. The summed E-state index contributed by atoms with van der Waals surface area (Å²) in [5, 5.41) is 3.04. The van der Waals surface area contributed by atoms with E-state index in [0.717, 1.165) is 16.5 Å². The van der Waals surface area contributed by atoms with E-state index in [1.165, 1.54) is 29.5 Å². The highest BCUT2D eigenvalue weighted by molar-refractivity contribution is 7.16. The normalized spacial score (nSPS) is 10.7. The van der Waals surface area contributed by atoms with Gasteiger partial charge in [-0.3, -0.25) is 4.79 Å². The third-order valence-electron chi connectivity index (χ3n) is 4.24. The molecule has 158 valence electrons. The Kier molecular flexibility index (Phi) is 6.51. The number of rotatable bonds is 7. The summed E-state index contributed by atoms with van der Waals surface area (Å²) in [6.07, 6.45) is 0. The smallest absolute Gasteiger partial charge is 0.341 e. The van der Waals surface area contributed by atoms with Crippen LogP contribution < -0.4 is 10.1 Å². The predicted molar refractivity (Wildman–Crippen MR) is 107 cm³/mol. The van der Waals surface area contributed by atoms with Crippen LogP contribution in [0.1, 0.15) is 44.0 Å². The third-order valence-corrected chi connectivity index (χ3v) is 5.36. The number of carbonyl (C=O) groups excluding carboxylic acids is 2. The van der Waals surface area contributed by atoms with Crippen LogP contribution >= 0.6 is 11.3 Å². The molecule has 3 aromatic rings. The number of hydrogen-bond acceptors (Lipinski definition) is 6. The maximum absolute atomic E-state index is 13.6. The molecule has 1 aromatic carbocycles. The van der Waals surface area contributed by atoms with Crippen molar-refractivity contribution in [2.45, 2.75) is 27.4 Å². The fourth-order valence-corrected chi connectivity index (χ4v) is 3.69. The Balaban J connectivity index is 1.70. The van der Waals surface area contributed by atoms with E-state index in [1.807, 2.05) is 6.92 Å². The number of benzene rings is 1. The van der Waals surface area contributed by atoms with Crippen molar-refractivity contribution in [3.63, 3.8) is 0 Å². The average molecular weight is 435 g/mol. The maximum Gasteiger partial charge on any atom is 0.341 e. The number of amides is 1. The van der Waals surface area contributed by atoms with Gasteiger partial charge in [0.05, 0.1) is 12.2 Å². The Hall–Kier alpha value is -3.20. The minimum Gasteiger partial charge on any atom is -0.483 e. The van der Waals surface area contributed by atoms with Crippen LogP contribution in [0.25, 0.3) is 0 Å². The quantitative estimate of drug-likeness (QED) is 0.513. The lowest BCUT2D eigenvalue weighted by atomic mass is 10.1. The molecule has 0 aliphatic heterocycles. The van der Waals surface area contributed by atoms with Gasteiger partial charge in [-0.25, -0.2) is 13.6 Å². The Morgan fingerprint density at radius 1 is 1.17 bits per heavy atom. The van der Waals surface area contributed by atoms with E-state index < -0.39 is 23.5 Å². The molecule has 1 N–H and O–H groups in total. The van der Waals surface area contributed by atoms with Gasteiger partial charge >= 0.3 is 5.97 Å². The van der Waals surface area contributed by atoms with Gasteiger partial charge in [-0.1, -0.05) is 0 Å². The molecule has 1 amide bonds. The summed E-state index contributed by atoms with van der Waals surface area (Å²) in [6.45, 7) is 5.40. The number of thiophene rings is 1. The van der Waals surface area contributed by atoms with Gasteiger partial charge < -0.3 is 19.2 Å². The highest BCUT2D eigenvalue weighted by Gasteiger charge is 2.23. The van der Waals surface area contributed by atoms with Crippen molar-refractivity contribution >= 4 is 28.2 Å². The zero-order chi connectivity index (χ0) is 21.8. The molecule has 0 bridgehead atoms. The van der Waals surface area contributed by atoms with E-state index in [4.69, 9.17) is 13.9 Å². The van der Waals surface area contributed by atoms with Crippen molar-refractivity contribution in [3.05, 3.63) is 69.5 Å². The lowest BCUT2D eigenvalue weighted by molar-refractivity contribution is 0.0527. The highest BCUT2D eigenvalue weighted by atomic mass is 32.1. The molecular formula is C21H19F2NO5S. The number of carbonyl (C=O) groups is 2. The number of hydrogen-bond donors (Lipinski definition) is 1. The largest absolute Gasteiger partial charge is 0.483 e. The fraction of sp³-hybridized carbons (Fsp3) is 0.238. The minimum absolute atomic E-state index is 0.00769. The molecule has 0 unspecified atom stereocenters. The molecule has 0 saturated heterocycles. The predicted octanol–water partition coefficient (Wildman–Crippen LogP) is 5.24. The lowest BCUT2D eigenvalue weighted by Gasteiger charge is -2.06. The molecule has 2 heterocycles. The Morgan fingerprint density at radius 2 is 1.93 bits per heavy atom. The number of ether oxygens (including phenoxy) is 2. The number of anilines is 1. The SMILES string of the molecule is CCOC(=O)c1c(NC(=O)c2ccc(COc3ccc(F)cc3F)o2)sc(C)c1C. The number of esters is 1. The van der Waals surface area contributed by atoms with Gasteiger partial charge in [0, 0.05) is 10.9 Å². The summed E-state index contributed by atoms with van der Waals surface area (Å²) >= 11 is 1.26. The Bertz CT molecular complexity index is 1090. The van der Waals surface area contributed by atoms with Crippen LogP contribution in [0.4, 0.5) is 13.8 Å². The van der Waals surface area contributed by atoms with Gasteiger partial charge in [-0.2, -0.15) is 0 Å². The van der Waals surface area contributed by atoms with Gasteiger partial charge in [0.2, 0.25) is 0 Å². The molecule has 3 rings (SSSR count). The first kappa shape index (κ1) is 21.5. The van der Waals surface area contributed by atoms with Crippen LogP contribution in [0, 0.1) is 25.5 Å². The summed E-state index contributed by atoms with van der Waals surface area (Å²) in [4.78, 5) is 25.7. The molecular weight excluding hydrogens is 416 g/mol. The summed E-state index contributed by atoms with van der Waals surface area (Å²) in [5.74, 6) is -2.49. The molecule has 0 spiro atoms. The molecule has 2 aromatic heterocycles. The van der Waals surface area contributed by atoms with Crippen LogP contribution in [0.5, 0.6) is 5.75 Å². The van der Waals surface area contributed by atoms with Gasteiger partial charge in [0.25, 0.3) is 5.91 Å². The zero-order valence-corrected chi connectivity index (χ0v) is 17.3. The number of furan rings is 1. The molecule has 0 aliphatic rings. The van der Waals surface area contributed by atoms with E-state index >= 15 is 0 Å². The first-order valence-corrected chi connectivity index (χ1v) is 9.86. The van der Waals surface area contributed by atoms with Crippen molar-refractivity contribution in [2.75, 3.05) is 11.9 Å². The monoisotopic (exact) mass is 435 g/mol. The zero-order valence-electron chi connectivity index (χ0n) is 16.5. The Labute approximate surface area is 175 Å². The third kappa shape index (κ3) is 4.68. The number of aryl methyl sites for hydroxylation is 1. The van der Waals surface area contributed by atoms with E-state index in [1.54, 1.807) is 13.8 Å². The topological polar surface area (TPSA) is 77.8 Å². The summed E-state index contributed by atoms with van der Waals surface area (Å²) in [5.41, 5.74) is 1.05.